The van der Waals surface area contributed by atoms with Crippen LogP contribution in [0.4, 0.5) is 17.1 Å². The van der Waals surface area contributed by atoms with Gasteiger partial charge in [0.25, 0.3) is 17.3 Å². The zero-order valence-corrected chi connectivity index (χ0v) is 19.9. The normalized spacial score (nSPS) is 13.2. The van der Waals surface area contributed by atoms with Crippen LogP contribution in [0.3, 0.4) is 0 Å². The molecule has 13 heteroatoms. The molecule has 0 atom stereocenters. The minimum atomic E-state index is -0.551. The average Bonchev–Trinajstić information content (AvgIpc) is 3.39. The molecule has 1 aliphatic heterocycles. The maximum atomic E-state index is 12.7. The molecule has 4 rings (SSSR count). The molecule has 1 N–H and O–H groups in total. The minimum Gasteiger partial charge on any atom is -0.496 e. The van der Waals surface area contributed by atoms with Crippen molar-refractivity contribution in [2.45, 2.75) is 0 Å². The number of nitrogens with zero attached hydrogens (tertiary/aromatic N) is 4. The van der Waals surface area contributed by atoms with Crippen LogP contribution >= 0.6 is 12.2 Å². The molecule has 2 heterocycles. The van der Waals surface area contributed by atoms with E-state index in [1.165, 1.54) is 37.4 Å². The molecule has 0 aliphatic carbocycles. The van der Waals surface area contributed by atoms with Gasteiger partial charge in [0, 0.05) is 43.9 Å². The first-order valence-corrected chi connectivity index (χ1v) is 11.2. The second-order valence-electron chi connectivity index (χ2n) is 7.82. The summed E-state index contributed by atoms with van der Waals surface area (Å²) in [6.07, 6.45) is 0. The van der Waals surface area contributed by atoms with Gasteiger partial charge in [0.05, 0.1) is 23.0 Å². The van der Waals surface area contributed by atoms with E-state index in [1.54, 1.807) is 29.2 Å². The van der Waals surface area contributed by atoms with Gasteiger partial charge < -0.3 is 19.0 Å². The molecule has 186 valence electrons. The Bertz CT molecular complexity index is 1330. The van der Waals surface area contributed by atoms with Crippen LogP contribution in [-0.2, 0) is 0 Å². The summed E-state index contributed by atoms with van der Waals surface area (Å²) in [6, 6.07) is 13.6. The highest BCUT2D eigenvalue weighted by Crippen LogP contribution is 2.32. The number of benzene rings is 2. The van der Waals surface area contributed by atoms with Gasteiger partial charge in [0.15, 0.2) is 10.9 Å². The molecule has 0 radical (unpaired) electrons. The number of rotatable bonds is 6. The van der Waals surface area contributed by atoms with Crippen molar-refractivity contribution in [2.24, 2.45) is 0 Å². The minimum absolute atomic E-state index is 0.00588. The van der Waals surface area contributed by atoms with E-state index < -0.39 is 15.8 Å². The van der Waals surface area contributed by atoms with E-state index in [4.69, 9.17) is 21.4 Å². The molecule has 0 saturated carbocycles. The van der Waals surface area contributed by atoms with Crippen LogP contribution in [0, 0.1) is 20.2 Å². The number of hydrogen-bond acceptors (Lipinski definition) is 9. The molecule has 12 nitrogen and oxygen atoms in total. The average molecular weight is 512 g/mol. The summed E-state index contributed by atoms with van der Waals surface area (Å²) in [6.45, 7) is 1.81. The van der Waals surface area contributed by atoms with Crippen molar-refractivity contribution in [1.29, 1.82) is 0 Å². The van der Waals surface area contributed by atoms with Gasteiger partial charge in [-0.15, -0.1) is 0 Å². The van der Waals surface area contributed by atoms with Crippen molar-refractivity contribution in [2.75, 3.05) is 38.2 Å². The lowest BCUT2D eigenvalue weighted by Gasteiger charge is -2.36. The van der Waals surface area contributed by atoms with Gasteiger partial charge in [-0.1, -0.05) is 12.1 Å². The van der Waals surface area contributed by atoms with E-state index >= 15 is 0 Å². The topological polar surface area (TPSA) is 144 Å². The second kappa shape index (κ2) is 10.4. The number of nitro benzene ring substituents is 2. The summed E-state index contributed by atoms with van der Waals surface area (Å²) in [5.41, 5.74) is 0.820. The lowest BCUT2D eigenvalue weighted by molar-refractivity contribution is -0.384. The van der Waals surface area contributed by atoms with Crippen molar-refractivity contribution in [1.82, 2.24) is 10.2 Å². The molecule has 1 aliphatic rings. The summed E-state index contributed by atoms with van der Waals surface area (Å²) < 4.78 is 10.7. The summed E-state index contributed by atoms with van der Waals surface area (Å²) in [5, 5.41) is 25.3. The van der Waals surface area contributed by atoms with Gasteiger partial charge in [-0.3, -0.25) is 30.3 Å². The third-order valence-electron chi connectivity index (χ3n) is 5.68. The van der Waals surface area contributed by atoms with Crippen LogP contribution in [0.25, 0.3) is 11.3 Å². The van der Waals surface area contributed by atoms with E-state index in [0.29, 0.717) is 48.9 Å². The molecular formula is C23H21N5O7S. The lowest BCUT2D eigenvalue weighted by atomic mass is 10.1. The van der Waals surface area contributed by atoms with Gasteiger partial charge in [0.2, 0.25) is 0 Å². The van der Waals surface area contributed by atoms with Crippen LogP contribution < -0.4 is 15.0 Å². The quantitative estimate of drug-likeness (QED) is 0.296. The summed E-state index contributed by atoms with van der Waals surface area (Å²) in [5.74, 6) is 0.167. The van der Waals surface area contributed by atoms with Crippen LogP contribution in [0.2, 0.25) is 0 Å². The number of methoxy groups -OCH3 is 1. The molecule has 36 heavy (non-hydrogen) atoms. The number of nitrogens with one attached hydrogen (secondary N) is 1. The number of furan rings is 1. The van der Waals surface area contributed by atoms with E-state index in [2.05, 4.69) is 5.32 Å². The molecule has 1 fully saturated rings. The number of thiocarbonyl (C=S) groups is 1. The zero-order chi connectivity index (χ0) is 25.8. The third-order valence-corrected chi connectivity index (χ3v) is 6.04. The van der Waals surface area contributed by atoms with E-state index in [1.807, 2.05) is 4.90 Å². The highest BCUT2D eigenvalue weighted by molar-refractivity contribution is 7.80. The molecule has 0 spiro atoms. The Kier molecular flexibility index (Phi) is 7.10. The summed E-state index contributed by atoms with van der Waals surface area (Å²) >= 11 is 5.39. The van der Waals surface area contributed by atoms with Gasteiger partial charge in [-0.05, 0) is 36.5 Å². The number of hydrogen-bond donors (Lipinski definition) is 1. The fraction of sp³-hybridized carbons (Fsp3) is 0.217. The van der Waals surface area contributed by atoms with Crippen molar-refractivity contribution < 1.29 is 23.8 Å². The largest absolute Gasteiger partial charge is 0.496 e. The maximum absolute atomic E-state index is 12.7. The predicted octanol–water partition coefficient (Wildman–Crippen LogP) is 3.61. The Morgan fingerprint density at radius 2 is 1.78 bits per heavy atom. The molecule has 2 aromatic carbocycles. The lowest BCUT2D eigenvalue weighted by Crippen LogP contribution is -2.52. The molecule has 1 amide bonds. The first-order valence-electron chi connectivity index (χ1n) is 10.8. The van der Waals surface area contributed by atoms with Crippen LogP contribution in [0.5, 0.6) is 5.75 Å². The van der Waals surface area contributed by atoms with Crippen LogP contribution in [0.1, 0.15) is 10.6 Å². The molecule has 3 aromatic rings. The number of anilines is 1. The summed E-state index contributed by atoms with van der Waals surface area (Å²) in [4.78, 5) is 37.9. The van der Waals surface area contributed by atoms with Crippen LogP contribution in [-0.4, -0.2) is 59.1 Å². The van der Waals surface area contributed by atoms with Gasteiger partial charge in [-0.2, -0.15) is 0 Å². The van der Waals surface area contributed by atoms with E-state index in [9.17, 15) is 25.0 Å². The van der Waals surface area contributed by atoms with Crippen molar-refractivity contribution in [3.8, 4) is 17.1 Å². The van der Waals surface area contributed by atoms with Crippen molar-refractivity contribution in [3.63, 3.8) is 0 Å². The van der Waals surface area contributed by atoms with E-state index in [0.717, 1.165) is 0 Å². The first-order chi connectivity index (χ1) is 17.3. The fourth-order valence-electron chi connectivity index (χ4n) is 3.82. The van der Waals surface area contributed by atoms with Gasteiger partial charge >= 0.3 is 0 Å². The number of non-ortho nitro benzene ring substituents is 1. The first kappa shape index (κ1) is 24.6. The second-order valence-corrected chi connectivity index (χ2v) is 8.20. The number of nitro groups is 2. The Labute approximate surface area is 210 Å². The molecule has 0 bridgehead atoms. The Balaban J connectivity index is 1.37. The number of carbonyl (C=O) groups excluding carboxylic acids is 1. The number of ether oxygens (including phenoxy) is 1. The smallest absolute Gasteiger partial charge is 0.296 e. The molecular weight excluding hydrogens is 490 g/mol. The van der Waals surface area contributed by atoms with Gasteiger partial charge in [-0.25, -0.2) is 0 Å². The number of carbonyl (C=O) groups is 1. The fourth-order valence-corrected chi connectivity index (χ4v) is 4.10. The van der Waals surface area contributed by atoms with Crippen molar-refractivity contribution in [3.05, 3.63) is 80.6 Å². The van der Waals surface area contributed by atoms with E-state index in [-0.39, 0.29) is 22.2 Å². The molecule has 1 saturated heterocycles. The zero-order valence-electron chi connectivity index (χ0n) is 19.1. The third kappa shape index (κ3) is 5.25. The SMILES string of the molecule is COc1ccc(N2CCN(C(=S)NC(=O)c3ccc(-c4cccc([N+](=O)[O-])c4)o3)CC2)c([N+](=O)[O-])c1. The standard InChI is InChI=1S/C23H21N5O7S/c1-34-17-5-6-18(19(14-17)28(32)33)25-9-11-26(12-10-25)23(36)24-22(29)21-8-7-20(35-21)15-3-2-4-16(13-15)27(30)31/h2-8,13-14H,9-12H2,1H3,(H,24,29,36). The highest BCUT2D eigenvalue weighted by atomic mass is 32.1. The highest BCUT2D eigenvalue weighted by Gasteiger charge is 2.26. The Morgan fingerprint density at radius 3 is 2.44 bits per heavy atom. The summed E-state index contributed by atoms with van der Waals surface area (Å²) in [7, 11) is 1.45. The Morgan fingerprint density at radius 1 is 1.03 bits per heavy atom. The number of piperazine rings is 1. The van der Waals surface area contributed by atoms with Crippen LogP contribution in [0.15, 0.2) is 59.0 Å². The Hall–Kier alpha value is -4.52. The monoisotopic (exact) mass is 511 g/mol. The molecule has 1 aromatic heterocycles. The van der Waals surface area contributed by atoms with Gasteiger partial charge in [0.1, 0.15) is 17.2 Å². The predicted molar refractivity (Wildman–Crippen MR) is 134 cm³/mol. The van der Waals surface area contributed by atoms with Crippen molar-refractivity contribution >= 4 is 40.3 Å². The molecule has 0 unspecified atom stereocenters. The maximum Gasteiger partial charge on any atom is 0.296 e. The number of amides is 1.